The number of aliphatic hydroxyl groups is 1. The zero-order valence-electron chi connectivity index (χ0n) is 28.0. The number of ether oxygens (including phenoxy) is 1. The van der Waals surface area contributed by atoms with Gasteiger partial charge in [0.2, 0.25) is 28.3 Å². The Kier molecular flexibility index (Phi) is 11.6. The fraction of sp³-hybridized carbons (Fsp3) is 0.529. The van der Waals surface area contributed by atoms with Crippen LogP contribution in [-0.2, 0) is 35.3 Å². The van der Waals surface area contributed by atoms with Crippen LogP contribution in [-0.4, -0.2) is 78.0 Å². The van der Waals surface area contributed by atoms with Crippen molar-refractivity contribution in [3.05, 3.63) is 60.6 Å². The molecule has 1 unspecified atom stereocenters. The number of aromatic nitrogens is 1. The molecule has 51 heavy (non-hydrogen) atoms. The molecule has 3 fully saturated rings. The molecule has 3 amide bonds. The third-order valence-electron chi connectivity index (χ3n) is 9.56. The molecule has 1 aromatic heterocycles. The summed E-state index contributed by atoms with van der Waals surface area (Å²) in [6, 6.07) is 2.98. The number of sulfonamides is 1. The number of benzene rings is 1. The molecule has 5 rings (SSSR count). The van der Waals surface area contributed by atoms with Crippen molar-refractivity contribution in [1.82, 2.24) is 19.9 Å². The van der Waals surface area contributed by atoms with Crippen molar-refractivity contribution in [1.29, 1.82) is 0 Å². The fourth-order valence-corrected chi connectivity index (χ4v) is 8.50. The number of hydrogen-bond acceptors (Lipinski definition) is 10. The van der Waals surface area contributed by atoms with Crippen LogP contribution in [0.2, 0.25) is 0 Å². The summed E-state index contributed by atoms with van der Waals surface area (Å²) < 4.78 is 73.8. The van der Waals surface area contributed by atoms with E-state index in [0.717, 1.165) is 25.0 Å². The van der Waals surface area contributed by atoms with Crippen molar-refractivity contribution in [3.8, 4) is 10.6 Å². The number of alkyl halides is 3. The van der Waals surface area contributed by atoms with Crippen LogP contribution in [0, 0.1) is 17.8 Å². The van der Waals surface area contributed by atoms with Gasteiger partial charge in [-0.05, 0) is 69.6 Å². The van der Waals surface area contributed by atoms with Crippen molar-refractivity contribution < 1.29 is 45.8 Å². The van der Waals surface area contributed by atoms with Gasteiger partial charge in [-0.3, -0.25) is 19.1 Å². The minimum Gasteiger partial charge on any atom is -0.351 e. The number of carbonyl (C=O) groups excluding carboxylic acids is 3. The topological polar surface area (TPSA) is 167 Å². The molecular formula is C34H42F3N5O7S2. The van der Waals surface area contributed by atoms with Crippen molar-refractivity contribution in [2.45, 2.75) is 80.8 Å². The van der Waals surface area contributed by atoms with Crippen LogP contribution in [0.4, 0.5) is 18.9 Å². The second kappa shape index (κ2) is 15.4. The SMILES string of the molecule is C=CCCCCN(C)C(=O)[C@@H]1C[C@H](OC(O)Nc2cc(C(F)(F)F)ccc2-c2nccs2)C[C@H]1C(=O)N[C@]1(C(=O)NS(=O)(=O)C2CC2)C[C@H]1C=C. The molecule has 0 radical (unpaired) electrons. The minimum atomic E-state index is -4.66. The summed E-state index contributed by atoms with van der Waals surface area (Å²) in [5.74, 6) is -4.44. The van der Waals surface area contributed by atoms with Gasteiger partial charge < -0.3 is 25.4 Å². The molecular weight excluding hydrogens is 712 g/mol. The van der Waals surface area contributed by atoms with E-state index in [-0.39, 0.29) is 30.9 Å². The largest absolute Gasteiger partial charge is 0.416 e. The van der Waals surface area contributed by atoms with Crippen LogP contribution in [0.1, 0.15) is 56.9 Å². The first-order chi connectivity index (χ1) is 24.1. The summed E-state index contributed by atoms with van der Waals surface area (Å²) in [6.45, 7) is 7.80. The van der Waals surface area contributed by atoms with Gasteiger partial charge >= 0.3 is 6.18 Å². The molecule has 4 N–H and O–H groups in total. The fourth-order valence-electron chi connectivity index (χ4n) is 6.46. The van der Waals surface area contributed by atoms with E-state index in [1.807, 2.05) is 0 Å². The maximum Gasteiger partial charge on any atom is 0.416 e. The first-order valence-corrected chi connectivity index (χ1v) is 19.1. The molecule has 1 heterocycles. The number of anilines is 1. The van der Waals surface area contributed by atoms with E-state index in [1.54, 1.807) is 18.5 Å². The highest BCUT2D eigenvalue weighted by Gasteiger charge is 2.62. The van der Waals surface area contributed by atoms with E-state index in [1.165, 1.54) is 34.6 Å². The molecule has 3 aliphatic carbocycles. The van der Waals surface area contributed by atoms with Gasteiger partial charge in [0.25, 0.3) is 5.91 Å². The Bertz CT molecular complexity index is 1740. The summed E-state index contributed by atoms with van der Waals surface area (Å²) in [5, 5.41) is 17.6. The van der Waals surface area contributed by atoms with E-state index in [2.05, 4.69) is 33.5 Å². The van der Waals surface area contributed by atoms with Crippen molar-refractivity contribution in [2.75, 3.05) is 18.9 Å². The van der Waals surface area contributed by atoms with Gasteiger partial charge in [-0.1, -0.05) is 12.2 Å². The second-order valence-electron chi connectivity index (χ2n) is 13.3. The number of unbranched alkanes of at least 4 members (excludes halogenated alkanes) is 2. The standard InChI is InChI=1S/C34H42F3N5O7S2/c1-4-6-7-8-14-42(3)30(44)26-18-22(49-32(46)39-27-16-21(34(35,36)37)9-12-24(27)29-38-13-15-50-29)17-25(26)28(43)40-33(19-20(33)5-2)31(45)41-51(47,48)23-10-11-23/h4-5,9,12-13,15-16,20,22-23,25-26,32,39,46H,1-2,6-8,10-11,14,17-19H2,3H3,(H,40,43)(H,41,45)/t20-,22-,25-,26-,32?,33-/m1/s1. The van der Waals surface area contributed by atoms with E-state index in [9.17, 15) is 41.1 Å². The van der Waals surface area contributed by atoms with Gasteiger partial charge in [0, 0.05) is 42.3 Å². The van der Waals surface area contributed by atoms with Crippen LogP contribution in [0.3, 0.4) is 0 Å². The summed E-state index contributed by atoms with van der Waals surface area (Å²) in [7, 11) is -2.31. The Morgan fingerprint density at radius 1 is 1.20 bits per heavy atom. The molecule has 3 aliphatic rings. The number of nitrogens with one attached hydrogen (secondary N) is 3. The van der Waals surface area contributed by atoms with Crippen LogP contribution < -0.4 is 15.4 Å². The number of amides is 3. The molecule has 0 spiro atoms. The molecule has 2 aromatic rings. The Balaban J connectivity index is 1.34. The lowest BCUT2D eigenvalue weighted by Crippen LogP contribution is -2.54. The van der Waals surface area contributed by atoms with Crippen molar-refractivity contribution in [2.24, 2.45) is 17.8 Å². The Morgan fingerprint density at radius 3 is 2.53 bits per heavy atom. The predicted molar refractivity (Wildman–Crippen MR) is 184 cm³/mol. The highest BCUT2D eigenvalue weighted by Crippen LogP contribution is 2.46. The molecule has 1 aromatic carbocycles. The number of hydrogen-bond donors (Lipinski definition) is 4. The van der Waals surface area contributed by atoms with E-state index in [0.29, 0.717) is 36.4 Å². The third kappa shape index (κ3) is 8.99. The molecule has 0 aliphatic heterocycles. The van der Waals surface area contributed by atoms with Crippen LogP contribution in [0.25, 0.3) is 10.6 Å². The molecule has 0 bridgehead atoms. The van der Waals surface area contributed by atoms with Crippen molar-refractivity contribution in [3.63, 3.8) is 0 Å². The van der Waals surface area contributed by atoms with E-state index >= 15 is 0 Å². The number of aliphatic hydroxyl groups excluding tert-OH is 1. The highest BCUT2D eigenvalue weighted by atomic mass is 32.2. The summed E-state index contributed by atoms with van der Waals surface area (Å²) in [5.41, 5.74) is -2.33. The van der Waals surface area contributed by atoms with Gasteiger partial charge in [0.15, 0.2) is 0 Å². The number of allylic oxidation sites excluding steroid dienone is 1. The predicted octanol–water partition coefficient (Wildman–Crippen LogP) is 4.41. The lowest BCUT2D eigenvalue weighted by atomic mass is 9.93. The number of nitrogens with zero attached hydrogens (tertiary/aromatic N) is 2. The smallest absolute Gasteiger partial charge is 0.351 e. The number of thiazole rings is 1. The summed E-state index contributed by atoms with van der Waals surface area (Å²) in [4.78, 5) is 46.7. The molecule has 6 atom stereocenters. The maximum atomic E-state index is 13.9. The second-order valence-corrected chi connectivity index (χ2v) is 16.1. The van der Waals surface area contributed by atoms with Gasteiger partial charge in [-0.2, -0.15) is 13.2 Å². The zero-order valence-corrected chi connectivity index (χ0v) is 29.7. The summed E-state index contributed by atoms with van der Waals surface area (Å²) in [6.07, 6.45) is 0.425. The molecule has 12 nitrogen and oxygen atoms in total. The van der Waals surface area contributed by atoms with Crippen LogP contribution >= 0.6 is 11.3 Å². The first kappa shape index (κ1) is 38.4. The maximum absolute atomic E-state index is 13.9. The average Bonchev–Trinajstić information content (AvgIpc) is 3.95. The minimum absolute atomic E-state index is 0.0191. The monoisotopic (exact) mass is 753 g/mol. The van der Waals surface area contributed by atoms with Crippen molar-refractivity contribution >= 4 is 44.8 Å². The van der Waals surface area contributed by atoms with Crippen LogP contribution in [0.5, 0.6) is 0 Å². The van der Waals surface area contributed by atoms with E-state index < -0.39 is 74.6 Å². The Morgan fingerprint density at radius 2 is 1.92 bits per heavy atom. The number of carbonyl (C=O) groups is 3. The Hall–Kier alpha value is -3.80. The van der Waals surface area contributed by atoms with Gasteiger partial charge in [-0.25, -0.2) is 13.4 Å². The molecule has 278 valence electrons. The lowest BCUT2D eigenvalue weighted by Gasteiger charge is -2.26. The van der Waals surface area contributed by atoms with Crippen LogP contribution in [0.15, 0.2) is 55.1 Å². The van der Waals surface area contributed by atoms with Gasteiger partial charge in [-0.15, -0.1) is 24.5 Å². The lowest BCUT2D eigenvalue weighted by molar-refractivity contribution is -0.141. The quantitative estimate of drug-likeness (QED) is 0.104. The third-order valence-corrected chi connectivity index (χ3v) is 12.2. The zero-order chi connectivity index (χ0) is 37.1. The molecule has 0 saturated heterocycles. The van der Waals surface area contributed by atoms with Gasteiger partial charge in [0.1, 0.15) is 10.5 Å². The van der Waals surface area contributed by atoms with E-state index in [4.69, 9.17) is 4.74 Å². The first-order valence-electron chi connectivity index (χ1n) is 16.7. The summed E-state index contributed by atoms with van der Waals surface area (Å²) >= 11 is 1.19. The highest BCUT2D eigenvalue weighted by molar-refractivity contribution is 7.91. The normalized spacial score (nSPS) is 25.0. The average molecular weight is 754 g/mol. The number of halogens is 3. The number of rotatable bonds is 17. The Labute approximate surface area is 298 Å². The molecule has 3 saturated carbocycles. The molecule has 17 heteroatoms. The van der Waals surface area contributed by atoms with Gasteiger partial charge in [0.05, 0.1) is 28.8 Å².